The maximum Gasteiger partial charge on any atom is 0.329 e. The van der Waals surface area contributed by atoms with Gasteiger partial charge < -0.3 is 29.8 Å². The third-order valence-corrected chi connectivity index (χ3v) is 12.6. The third kappa shape index (κ3) is 10.4. The van der Waals surface area contributed by atoms with E-state index in [2.05, 4.69) is 37.9 Å². The van der Waals surface area contributed by atoms with Gasteiger partial charge in [0.2, 0.25) is 17.7 Å². The summed E-state index contributed by atoms with van der Waals surface area (Å²) >= 11 is 0. The number of piperidine rings is 1. The molecule has 1 aromatic carbocycles. The lowest BCUT2D eigenvalue weighted by molar-refractivity contribution is -0.135. The van der Waals surface area contributed by atoms with Gasteiger partial charge in [0.05, 0.1) is 22.8 Å². The number of aryl methyl sites for hydroxylation is 2. The molecule has 4 N–H and O–H groups in total. The summed E-state index contributed by atoms with van der Waals surface area (Å²) in [6, 6.07) is 8.90. The van der Waals surface area contributed by atoms with Crippen molar-refractivity contribution in [3.8, 4) is 11.5 Å². The Bertz CT molecular complexity index is 2480. The number of nitrogens with one attached hydrogen (secondary N) is 3. The molecule has 8 rings (SSSR count). The van der Waals surface area contributed by atoms with Gasteiger partial charge >= 0.3 is 5.69 Å². The van der Waals surface area contributed by atoms with Gasteiger partial charge in [0.15, 0.2) is 5.69 Å². The fourth-order valence-corrected chi connectivity index (χ4v) is 9.03. The number of nitrogens with zero attached hydrogens (tertiary/aromatic N) is 7. The van der Waals surface area contributed by atoms with Crippen LogP contribution in [0.25, 0.3) is 22.5 Å². The monoisotopic (exact) mass is 864 g/mol. The average Bonchev–Trinajstić information content (AvgIpc) is 3.65. The Kier molecular flexibility index (Phi) is 13.3. The molecule has 336 valence electrons. The molecule has 0 bridgehead atoms. The van der Waals surface area contributed by atoms with E-state index in [9.17, 15) is 24.3 Å². The van der Waals surface area contributed by atoms with Crippen molar-refractivity contribution in [1.29, 1.82) is 0 Å². The standard InChI is InChI=1S/C46H60N10O7/c1-46(2,61)41-34(49-42(58)35-28-63-44(50-35)32-19-20-47-38(24-32)48-25-29-11-12-29)27-55(52-41)33-15-13-30(14-16-33)26-53(3)21-7-23-62-22-6-9-31-8-5-10-36-40(31)54(4)45(60)56(36)37-17-18-39(57)51-43(37)59/h5,8,10,19-20,24,27-30,33,37,61H,6-7,9,11-18,21-23,25-26H2,1-4H3,(H,47,48)(H,49,58)(H,51,57,59)/t30-,33-,37?. The van der Waals surface area contributed by atoms with Gasteiger partial charge in [-0.3, -0.25) is 33.5 Å². The molecule has 3 amide bonds. The van der Waals surface area contributed by atoms with E-state index in [0.29, 0.717) is 54.3 Å². The minimum Gasteiger partial charge on any atom is -0.444 e. The summed E-state index contributed by atoms with van der Waals surface area (Å²) in [4.78, 5) is 62.2. The molecule has 1 unspecified atom stereocenters. The molecule has 0 spiro atoms. The summed E-state index contributed by atoms with van der Waals surface area (Å²) in [6.07, 6.45) is 14.3. The molecule has 1 saturated heterocycles. The van der Waals surface area contributed by atoms with Crippen LogP contribution in [-0.4, -0.2) is 96.5 Å². The second kappa shape index (κ2) is 19.0. The number of para-hydroxylation sites is 1. The normalized spacial score (nSPS) is 19.5. The molecular weight excluding hydrogens is 805 g/mol. The number of carbonyl (C=O) groups is 3. The van der Waals surface area contributed by atoms with E-state index in [-0.39, 0.29) is 29.8 Å². The van der Waals surface area contributed by atoms with E-state index in [1.54, 1.807) is 37.7 Å². The zero-order chi connectivity index (χ0) is 44.3. The number of benzene rings is 1. The summed E-state index contributed by atoms with van der Waals surface area (Å²) in [5.74, 6) is 1.14. The summed E-state index contributed by atoms with van der Waals surface area (Å²) in [7, 11) is 3.89. The number of hydrogen-bond donors (Lipinski definition) is 4. The number of aromatic nitrogens is 6. The summed E-state index contributed by atoms with van der Waals surface area (Å²) in [6.45, 7) is 7.41. The Labute approximate surface area is 366 Å². The highest BCUT2D eigenvalue weighted by Gasteiger charge is 2.33. The van der Waals surface area contributed by atoms with Crippen LogP contribution in [-0.2, 0) is 33.4 Å². The van der Waals surface area contributed by atoms with Crippen molar-refractivity contribution in [2.75, 3.05) is 50.5 Å². The van der Waals surface area contributed by atoms with Crippen LogP contribution in [0.1, 0.15) is 112 Å². The minimum absolute atomic E-state index is 0.126. The van der Waals surface area contributed by atoms with Gasteiger partial charge in [0, 0.05) is 64.3 Å². The van der Waals surface area contributed by atoms with Crippen LogP contribution in [0.5, 0.6) is 0 Å². The summed E-state index contributed by atoms with van der Waals surface area (Å²) in [5, 5.41) is 24.5. The first-order valence-corrected chi connectivity index (χ1v) is 22.4. The van der Waals surface area contributed by atoms with Crippen LogP contribution >= 0.6 is 0 Å². The van der Waals surface area contributed by atoms with Crippen molar-refractivity contribution >= 4 is 40.3 Å². The molecule has 1 aliphatic heterocycles. The van der Waals surface area contributed by atoms with Crippen LogP contribution in [0.2, 0.25) is 0 Å². The molecule has 2 saturated carbocycles. The Balaban J connectivity index is 0.763. The Morgan fingerprint density at radius 2 is 1.83 bits per heavy atom. The molecule has 3 fully saturated rings. The van der Waals surface area contributed by atoms with E-state index in [1.165, 1.54) is 23.7 Å². The molecule has 0 radical (unpaired) electrons. The van der Waals surface area contributed by atoms with Gasteiger partial charge in [-0.05, 0) is 121 Å². The first kappa shape index (κ1) is 44.0. The topological polar surface area (TPSA) is 204 Å². The predicted molar refractivity (Wildman–Crippen MR) is 237 cm³/mol. The van der Waals surface area contributed by atoms with Crippen LogP contribution < -0.4 is 21.6 Å². The molecule has 5 heterocycles. The number of anilines is 2. The molecular formula is C46H60N10O7. The molecule has 3 aliphatic rings. The molecule has 17 nitrogen and oxygen atoms in total. The van der Waals surface area contributed by atoms with Crippen molar-refractivity contribution in [3.63, 3.8) is 0 Å². The number of oxazole rings is 1. The number of rotatable bonds is 19. The van der Waals surface area contributed by atoms with Crippen molar-refractivity contribution in [3.05, 3.63) is 76.4 Å². The zero-order valence-corrected chi connectivity index (χ0v) is 36.8. The van der Waals surface area contributed by atoms with Crippen molar-refractivity contribution in [1.82, 2.24) is 39.1 Å². The number of imide groups is 1. The second-order valence-electron chi connectivity index (χ2n) is 18.1. The van der Waals surface area contributed by atoms with Crippen LogP contribution in [0.3, 0.4) is 0 Å². The van der Waals surface area contributed by atoms with Gasteiger partial charge in [0.1, 0.15) is 29.4 Å². The lowest BCUT2D eigenvalue weighted by Crippen LogP contribution is -2.44. The Morgan fingerprint density at radius 1 is 1.05 bits per heavy atom. The number of aliphatic hydroxyl groups is 1. The summed E-state index contributed by atoms with van der Waals surface area (Å²) in [5.41, 5.74) is 2.69. The van der Waals surface area contributed by atoms with Crippen LogP contribution in [0.4, 0.5) is 11.5 Å². The highest BCUT2D eigenvalue weighted by Crippen LogP contribution is 2.36. The summed E-state index contributed by atoms with van der Waals surface area (Å²) < 4.78 is 16.7. The number of hydrogen-bond acceptors (Lipinski definition) is 12. The van der Waals surface area contributed by atoms with E-state index < -0.39 is 23.5 Å². The number of pyridine rings is 1. The molecule has 1 atom stereocenters. The Hall–Kier alpha value is -5.65. The zero-order valence-electron chi connectivity index (χ0n) is 36.8. The maximum absolute atomic E-state index is 13.4. The van der Waals surface area contributed by atoms with E-state index in [4.69, 9.17) is 14.3 Å². The number of carbonyl (C=O) groups excluding carboxylic acids is 3. The molecule has 17 heteroatoms. The molecule has 4 aromatic heterocycles. The predicted octanol–water partition coefficient (Wildman–Crippen LogP) is 5.57. The number of ether oxygens (including phenoxy) is 1. The quantitative estimate of drug-likeness (QED) is 0.0595. The SMILES string of the molecule is CN(CCCOCCCc1cccc2c1n(C)c(=O)n2C1CCC(=O)NC1=O)C[C@H]1CC[C@H](n2cc(NC(=O)c3coc(-c4ccnc(NCC5CC5)c4)n3)c(C(C)(C)O)n2)CC1. The first-order valence-electron chi connectivity index (χ1n) is 22.4. The lowest BCUT2D eigenvalue weighted by atomic mass is 9.86. The first-order chi connectivity index (χ1) is 30.3. The van der Waals surface area contributed by atoms with Gasteiger partial charge in [-0.25, -0.2) is 14.8 Å². The van der Waals surface area contributed by atoms with E-state index in [0.717, 1.165) is 87.0 Å². The fourth-order valence-electron chi connectivity index (χ4n) is 9.03. The van der Waals surface area contributed by atoms with Crippen molar-refractivity contribution < 1.29 is 28.6 Å². The van der Waals surface area contributed by atoms with Crippen LogP contribution in [0, 0.1) is 11.8 Å². The highest BCUT2D eigenvalue weighted by molar-refractivity contribution is 6.03. The maximum atomic E-state index is 13.4. The van der Waals surface area contributed by atoms with Crippen LogP contribution in [0.15, 0.2) is 58.2 Å². The average molecular weight is 865 g/mol. The molecule has 63 heavy (non-hydrogen) atoms. The van der Waals surface area contributed by atoms with Crippen molar-refractivity contribution in [2.24, 2.45) is 18.9 Å². The van der Waals surface area contributed by atoms with Gasteiger partial charge in [-0.15, -0.1) is 0 Å². The molecule has 5 aromatic rings. The van der Waals surface area contributed by atoms with Crippen molar-refractivity contribution in [2.45, 2.75) is 102 Å². The lowest BCUT2D eigenvalue weighted by Gasteiger charge is -2.31. The second-order valence-corrected chi connectivity index (χ2v) is 18.1. The molecule has 2 aliphatic carbocycles. The number of imidazole rings is 1. The van der Waals surface area contributed by atoms with Gasteiger partial charge in [-0.1, -0.05) is 12.1 Å². The smallest absolute Gasteiger partial charge is 0.329 e. The van der Waals surface area contributed by atoms with E-state index in [1.807, 2.05) is 35.1 Å². The fraction of sp³-hybridized carbons (Fsp3) is 0.543. The Morgan fingerprint density at radius 3 is 2.59 bits per heavy atom. The number of amides is 3. The van der Waals surface area contributed by atoms with E-state index >= 15 is 0 Å². The highest BCUT2D eigenvalue weighted by atomic mass is 16.5. The van der Waals surface area contributed by atoms with Gasteiger partial charge in [-0.2, -0.15) is 5.10 Å². The minimum atomic E-state index is -1.28. The third-order valence-electron chi connectivity index (χ3n) is 12.6. The largest absolute Gasteiger partial charge is 0.444 e. The number of fused-ring (bicyclic) bond motifs is 1. The van der Waals surface area contributed by atoms with Gasteiger partial charge in [0.25, 0.3) is 5.91 Å².